The minimum Gasteiger partial charge on any atom is -0.505 e. The van der Waals surface area contributed by atoms with E-state index in [0.717, 1.165) is 9.87 Å². The fourth-order valence-electron chi connectivity index (χ4n) is 4.40. The third-order valence-corrected chi connectivity index (χ3v) is 8.10. The highest BCUT2D eigenvalue weighted by Gasteiger charge is 2.30. The molecule has 0 saturated carbocycles. The fraction of sp³-hybridized carbons (Fsp3) is 0.154. The molecule has 0 aliphatic heterocycles. The second kappa shape index (κ2) is 9.34. The van der Waals surface area contributed by atoms with Crippen LogP contribution < -0.4 is 4.31 Å². The number of benzene rings is 2. The maximum absolute atomic E-state index is 13.7. The Morgan fingerprint density at radius 1 is 0.946 bits per heavy atom. The number of aromatic hydroxyl groups is 2. The van der Waals surface area contributed by atoms with E-state index in [1.807, 2.05) is 0 Å². The topological polar surface area (TPSA) is 112 Å². The molecular formula is C26H24FN5O4S. The largest absolute Gasteiger partial charge is 0.505 e. The molecule has 9 nitrogen and oxygen atoms in total. The summed E-state index contributed by atoms with van der Waals surface area (Å²) in [6, 6.07) is 12.6. The molecular weight excluding hydrogens is 497 g/mol. The predicted octanol–water partition coefficient (Wildman–Crippen LogP) is 4.00. The molecule has 0 aliphatic rings. The van der Waals surface area contributed by atoms with Gasteiger partial charge in [-0.15, -0.1) is 0 Å². The number of pyridine rings is 2. The molecule has 11 heteroatoms. The van der Waals surface area contributed by atoms with Crippen molar-refractivity contribution >= 4 is 37.6 Å². The molecule has 0 atom stereocenters. The number of aromatic nitrogens is 3. The number of hydrogen-bond donors (Lipinski definition) is 2. The minimum absolute atomic E-state index is 0.0714. The summed E-state index contributed by atoms with van der Waals surface area (Å²) in [5.41, 5.74) is 1.88. The molecule has 37 heavy (non-hydrogen) atoms. The summed E-state index contributed by atoms with van der Waals surface area (Å²) < 4.78 is 44.5. The van der Waals surface area contributed by atoms with Crippen LogP contribution in [0.4, 0.5) is 10.1 Å². The summed E-state index contributed by atoms with van der Waals surface area (Å²) in [6.45, 7) is 0.283. The first-order valence-electron chi connectivity index (χ1n) is 11.3. The van der Waals surface area contributed by atoms with Crippen LogP contribution in [0.15, 0.2) is 73.3 Å². The van der Waals surface area contributed by atoms with Gasteiger partial charge in [0.05, 0.1) is 17.6 Å². The molecule has 0 amide bonds. The Kier molecular flexibility index (Phi) is 6.18. The monoisotopic (exact) mass is 521 g/mol. The molecule has 0 spiro atoms. The molecule has 0 saturated heterocycles. The van der Waals surface area contributed by atoms with Crippen LogP contribution in [0.5, 0.6) is 11.6 Å². The summed E-state index contributed by atoms with van der Waals surface area (Å²) in [4.78, 5) is 8.22. The normalized spacial score (nSPS) is 12.0. The lowest BCUT2D eigenvalue weighted by atomic mass is 10.1. The molecule has 5 rings (SSSR count). The summed E-state index contributed by atoms with van der Waals surface area (Å²) in [5, 5.41) is 22.9. The average Bonchev–Trinajstić information content (AvgIpc) is 3.21. The van der Waals surface area contributed by atoms with Gasteiger partial charge in [0.1, 0.15) is 11.3 Å². The van der Waals surface area contributed by atoms with E-state index in [2.05, 4.69) is 9.97 Å². The Labute approximate surface area is 212 Å². The number of halogens is 1. The van der Waals surface area contributed by atoms with E-state index in [-0.39, 0.29) is 47.1 Å². The van der Waals surface area contributed by atoms with E-state index < -0.39 is 10.2 Å². The Balaban J connectivity index is 1.67. The van der Waals surface area contributed by atoms with Crippen LogP contribution in [0, 0.1) is 5.82 Å². The van der Waals surface area contributed by atoms with Crippen LogP contribution in [0.1, 0.15) is 11.1 Å². The van der Waals surface area contributed by atoms with Gasteiger partial charge in [-0.25, -0.2) is 4.39 Å². The molecule has 0 radical (unpaired) electrons. The van der Waals surface area contributed by atoms with Crippen molar-refractivity contribution in [1.29, 1.82) is 0 Å². The van der Waals surface area contributed by atoms with Crippen LogP contribution in [-0.2, 0) is 23.3 Å². The highest BCUT2D eigenvalue weighted by atomic mass is 32.2. The molecule has 2 N–H and O–H groups in total. The number of fused-ring (bicyclic) bond motifs is 2. The van der Waals surface area contributed by atoms with Gasteiger partial charge >= 0.3 is 10.2 Å². The van der Waals surface area contributed by atoms with Gasteiger partial charge in [-0.2, -0.15) is 12.7 Å². The summed E-state index contributed by atoms with van der Waals surface area (Å²) >= 11 is 0. The Morgan fingerprint density at radius 3 is 2.35 bits per heavy atom. The van der Waals surface area contributed by atoms with E-state index in [1.54, 1.807) is 55.0 Å². The molecule has 0 bridgehead atoms. The van der Waals surface area contributed by atoms with E-state index >= 15 is 0 Å². The molecule has 0 fully saturated rings. The lowest BCUT2D eigenvalue weighted by Crippen LogP contribution is -2.39. The molecule has 0 unspecified atom stereocenters. The van der Waals surface area contributed by atoms with Crippen molar-refractivity contribution in [2.24, 2.45) is 0 Å². The molecule has 3 heterocycles. The lowest BCUT2D eigenvalue weighted by molar-refractivity contribution is 0.425. The average molecular weight is 522 g/mol. The van der Waals surface area contributed by atoms with Crippen molar-refractivity contribution in [2.45, 2.75) is 13.1 Å². The second-order valence-corrected chi connectivity index (χ2v) is 10.7. The zero-order valence-corrected chi connectivity index (χ0v) is 20.9. The first kappa shape index (κ1) is 24.5. The number of hydrogen-bond acceptors (Lipinski definition) is 6. The SMILES string of the molecule is CN(Cc1ccncc1)S(=O)(=O)N(C)c1c2cccnc2c(O)c2c(O)n(Cc3ccc(F)cc3)cc12. The molecule has 0 aliphatic carbocycles. The van der Waals surface area contributed by atoms with Crippen molar-refractivity contribution in [3.8, 4) is 11.6 Å². The van der Waals surface area contributed by atoms with Gasteiger partial charge in [0.25, 0.3) is 0 Å². The van der Waals surface area contributed by atoms with Crippen molar-refractivity contribution in [3.05, 3.63) is 90.3 Å². The molecule has 5 aromatic rings. The highest BCUT2D eigenvalue weighted by Crippen LogP contribution is 2.46. The summed E-state index contributed by atoms with van der Waals surface area (Å²) in [7, 11) is -1.15. The van der Waals surface area contributed by atoms with Gasteiger partial charge in [-0.05, 0) is 47.5 Å². The Hall–Kier alpha value is -4.22. The third-order valence-electron chi connectivity index (χ3n) is 6.30. The zero-order chi connectivity index (χ0) is 26.3. The van der Waals surface area contributed by atoms with Crippen molar-refractivity contribution in [3.63, 3.8) is 0 Å². The number of rotatable bonds is 7. The predicted molar refractivity (Wildman–Crippen MR) is 139 cm³/mol. The number of phenolic OH excluding ortho intramolecular Hbond substituents is 1. The lowest BCUT2D eigenvalue weighted by Gasteiger charge is -2.27. The smallest absolute Gasteiger partial charge is 0.303 e. The highest BCUT2D eigenvalue weighted by molar-refractivity contribution is 7.90. The van der Waals surface area contributed by atoms with E-state index in [9.17, 15) is 23.0 Å². The summed E-state index contributed by atoms with van der Waals surface area (Å²) in [5.74, 6) is -0.909. The number of anilines is 1. The van der Waals surface area contributed by atoms with Crippen molar-refractivity contribution in [1.82, 2.24) is 18.8 Å². The first-order chi connectivity index (χ1) is 17.7. The van der Waals surface area contributed by atoms with Gasteiger partial charge in [-0.1, -0.05) is 12.1 Å². The van der Waals surface area contributed by atoms with Gasteiger partial charge < -0.3 is 14.8 Å². The van der Waals surface area contributed by atoms with E-state index in [0.29, 0.717) is 16.3 Å². The Morgan fingerprint density at radius 2 is 1.65 bits per heavy atom. The standard InChI is InChI=1S/C26H24FN5O4S/c1-30(14-18-9-12-28-13-10-18)37(35,36)31(2)24-20-4-3-11-29-23(20)25(33)22-21(24)16-32(26(22)34)15-17-5-7-19(27)8-6-17/h3-13,16,33-34H,14-15H2,1-2H3. The molecule has 190 valence electrons. The quantitative estimate of drug-likeness (QED) is 0.335. The number of phenols is 1. The van der Waals surface area contributed by atoms with Crippen LogP contribution in [-0.4, -0.2) is 51.6 Å². The maximum atomic E-state index is 13.7. The maximum Gasteiger partial charge on any atom is 0.303 e. The van der Waals surface area contributed by atoms with Crippen LogP contribution >= 0.6 is 0 Å². The van der Waals surface area contributed by atoms with E-state index in [4.69, 9.17) is 0 Å². The first-order valence-corrected chi connectivity index (χ1v) is 12.7. The minimum atomic E-state index is -4.05. The zero-order valence-electron chi connectivity index (χ0n) is 20.1. The van der Waals surface area contributed by atoms with Crippen LogP contribution in [0.2, 0.25) is 0 Å². The van der Waals surface area contributed by atoms with Crippen molar-refractivity contribution < 1.29 is 23.0 Å². The van der Waals surface area contributed by atoms with Gasteiger partial charge in [0, 0.05) is 56.2 Å². The van der Waals surface area contributed by atoms with Gasteiger partial charge in [0.2, 0.25) is 5.88 Å². The third kappa shape index (κ3) is 4.32. The Bertz CT molecular complexity index is 1710. The summed E-state index contributed by atoms with van der Waals surface area (Å²) in [6.07, 6.45) is 6.24. The van der Waals surface area contributed by atoms with Gasteiger partial charge in [-0.3, -0.25) is 14.3 Å². The van der Waals surface area contributed by atoms with E-state index in [1.165, 1.54) is 41.3 Å². The van der Waals surface area contributed by atoms with Crippen LogP contribution in [0.3, 0.4) is 0 Å². The fourth-order valence-corrected chi connectivity index (χ4v) is 5.56. The molecule has 2 aromatic carbocycles. The molecule has 3 aromatic heterocycles. The number of nitrogens with zero attached hydrogens (tertiary/aromatic N) is 5. The second-order valence-electron chi connectivity index (χ2n) is 8.68. The van der Waals surface area contributed by atoms with Crippen LogP contribution in [0.25, 0.3) is 21.7 Å². The van der Waals surface area contributed by atoms with Crippen molar-refractivity contribution in [2.75, 3.05) is 18.4 Å². The van der Waals surface area contributed by atoms with Gasteiger partial charge in [0.15, 0.2) is 5.75 Å².